The zero-order valence-electron chi connectivity index (χ0n) is 10.5. The van der Waals surface area contributed by atoms with Gasteiger partial charge in [0.2, 0.25) is 5.82 Å². The van der Waals surface area contributed by atoms with Crippen molar-refractivity contribution in [3.8, 4) is 0 Å². The summed E-state index contributed by atoms with van der Waals surface area (Å²) in [5.74, 6) is -10.5. The highest BCUT2D eigenvalue weighted by atomic mass is 19.2. The average Bonchev–Trinajstić information content (AvgIpc) is 2.50. The number of hydrogen-bond donors (Lipinski definition) is 1. The smallest absolute Gasteiger partial charge is 0.200 e. The van der Waals surface area contributed by atoms with E-state index >= 15 is 0 Å². The van der Waals surface area contributed by atoms with Gasteiger partial charge in [-0.3, -0.25) is 0 Å². The van der Waals surface area contributed by atoms with Crippen molar-refractivity contribution in [2.24, 2.45) is 0 Å². The Morgan fingerprint density at radius 1 is 0.762 bits per heavy atom. The van der Waals surface area contributed by atoms with Crippen LogP contribution in [0.3, 0.4) is 0 Å². The number of aliphatic hydroxyl groups is 1. The zero-order chi connectivity index (χ0) is 15.6. The predicted octanol–water partition coefficient (Wildman–Crippen LogP) is 4.13. The van der Waals surface area contributed by atoms with Crippen LogP contribution in [0.15, 0.2) is 36.4 Å². The molecule has 110 valence electrons. The lowest BCUT2D eigenvalue weighted by molar-refractivity contribution is 0.211. The van der Waals surface area contributed by atoms with Gasteiger partial charge in [0.15, 0.2) is 23.3 Å². The number of benzene rings is 2. The normalized spacial score (nSPS) is 12.9. The number of aliphatic hydroxyl groups excluding tert-OH is 1. The Kier molecular flexibility index (Phi) is 4.37. The molecule has 1 unspecified atom stereocenters. The van der Waals surface area contributed by atoms with Gasteiger partial charge in [0, 0.05) is 0 Å². The molecule has 21 heavy (non-hydrogen) atoms. The summed E-state index contributed by atoms with van der Waals surface area (Å²) < 4.78 is 65.9. The molecule has 0 aromatic heterocycles. The Morgan fingerprint density at radius 3 is 1.76 bits per heavy atom. The molecular formula is C15H9F5O. The van der Waals surface area contributed by atoms with E-state index in [1.54, 1.807) is 30.3 Å². The van der Waals surface area contributed by atoms with Crippen molar-refractivity contribution in [3.63, 3.8) is 0 Å². The van der Waals surface area contributed by atoms with Crippen LogP contribution in [-0.4, -0.2) is 5.11 Å². The quantitative estimate of drug-likeness (QED) is 0.513. The van der Waals surface area contributed by atoms with Gasteiger partial charge in [-0.2, -0.15) is 0 Å². The average molecular weight is 300 g/mol. The molecule has 0 saturated heterocycles. The summed E-state index contributed by atoms with van der Waals surface area (Å²) in [5, 5.41) is 9.66. The third-order valence-electron chi connectivity index (χ3n) is 2.81. The van der Waals surface area contributed by atoms with E-state index in [0.29, 0.717) is 5.56 Å². The zero-order valence-corrected chi connectivity index (χ0v) is 10.5. The van der Waals surface area contributed by atoms with E-state index in [4.69, 9.17) is 0 Å². The third-order valence-corrected chi connectivity index (χ3v) is 2.81. The van der Waals surface area contributed by atoms with Crippen LogP contribution >= 0.6 is 0 Å². The van der Waals surface area contributed by atoms with E-state index < -0.39 is 40.8 Å². The maximum atomic E-state index is 13.5. The van der Waals surface area contributed by atoms with Crippen molar-refractivity contribution in [1.82, 2.24) is 0 Å². The minimum atomic E-state index is -2.26. The summed E-state index contributed by atoms with van der Waals surface area (Å²) in [6, 6.07) is 8.39. The lowest BCUT2D eigenvalue weighted by Gasteiger charge is -2.11. The van der Waals surface area contributed by atoms with E-state index in [-0.39, 0.29) is 0 Å². The van der Waals surface area contributed by atoms with Crippen LogP contribution in [0.1, 0.15) is 17.2 Å². The van der Waals surface area contributed by atoms with E-state index in [9.17, 15) is 27.1 Å². The predicted molar refractivity (Wildman–Crippen MR) is 66.7 cm³/mol. The van der Waals surface area contributed by atoms with Gasteiger partial charge in [0.25, 0.3) is 0 Å². The maximum Gasteiger partial charge on any atom is 0.200 e. The molecule has 2 aromatic rings. The fourth-order valence-corrected chi connectivity index (χ4v) is 1.74. The molecule has 1 N–H and O–H groups in total. The summed E-state index contributed by atoms with van der Waals surface area (Å²) in [5.41, 5.74) is -0.681. The summed E-state index contributed by atoms with van der Waals surface area (Å²) in [4.78, 5) is 0. The standard InChI is InChI=1S/C15H9F5O/c16-11-10(12(17)14(19)15(20)13(11)18)9(21)7-6-8-4-2-1-3-5-8/h1-7,9,21H/b7-6+. The summed E-state index contributed by atoms with van der Waals surface area (Å²) in [6.45, 7) is 0. The molecule has 0 spiro atoms. The van der Waals surface area contributed by atoms with E-state index in [1.165, 1.54) is 6.08 Å². The van der Waals surface area contributed by atoms with Crippen LogP contribution < -0.4 is 0 Å². The highest BCUT2D eigenvalue weighted by Gasteiger charge is 2.28. The molecule has 1 nitrogen and oxygen atoms in total. The fraction of sp³-hybridized carbons (Fsp3) is 0.0667. The van der Waals surface area contributed by atoms with Crippen LogP contribution in [0.25, 0.3) is 6.08 Å². The van der Waals surface area contributed by atoms with Crippen molar-refractivity contribution in [3.05, 3.63) is 76.6 Å². The second kappa shape index (κ2) is 6.05. The summed E-state index contributed by atoms with van der Waals surface area (Å²) in [6.07, 6.45) is 0.283. The second-order valence-corrected chi connectivity index (χ2v) is 4.20. The molecule has 0 saturated carbocycles. The molecular weight excluding hydrogens is 291 g/mol. The first kappa shape index (κ1) is 15.2. The third kappa shape index (κ3) is 2.95. The van der Waals surface area contributed by atoms with E-state index in [1.807, 2.05) is 0 Å². The van der Waals surface area contributed by atoms with E-state index in [0.717, 1.165) is 6.08 Å². The molecule has 0 bridgehead atoms. The van der Waals surface area contributed by atoms with Crippen molar-refractivity contribution >= 4 is 6.08 Å². The minimum Gasteiger partial charge on any atom is -0.384 e. The van der Waals surface area contributed by atoms with Crippen molar-refractivity contribution in [2.75, 3.05) is 0 Å². The molecule has 0 aliphatic heterocycles. The lowest BCUT2D eigenvalue weighted by Crippen LogP contribution is -2.10. The monoisotopic (exact) mass is 300 g/mol. The first-order chi connectivity index (χ1) is 9.93. The lowest BCUT2D eigenvalue weighted by atomic mass is 10.1. The van der Waals surface area contributed by atoms with Crippen LogP contribution in [0.4, 0.5) is 22.0 Å². The number of rotatable bonds is 3. The summed E-state index contributed by atoms with van der Waals surface area (Å²) >= 11 is 0. The van der Waals surface area contributed by atoms with Gasteiger partial charge in [0.05, 0.1) is 5.56 Å². The van der Waals surface area contributed by atoms with Crippen LogP contribution in [0.2, 0.25) is 0 Å². The summed E-state index contributed by atoms with van der Waals surface area (Å²) in [7, 11) is 0. The Hall–Kier alpha value is -2.21. The molecule has 1 atom stereocenters. The van der Waals surface area contributed by atoms with Gasteiger partial charge in [-0.1, -0.05) is 42.5 Å². The molecule has 0 heterocycles. The van der Waals surface area contributed by atoms with Gasteiger partial charge in [0.1, 0.15) is 6.10 Å². The molecule has 0 amide bonds. The van der Waals surface area contributed by atoms with Crippen LogP contribution in [0, 0.1) is 29.1 Å². The molecule has 6 heteroatoms. The molecule has 0 aliphatic rings. The molecule has 0 radical (unpaired) electrons. The van der Waals surface area contributed by atoms with Gasteiger partial charge in [-0.05, 0) is 5.56 Å². The minimum absolute atomic E-state index is 0.598. The van der Waals surface area contributed by atoms with Gasteiger partial charge in [-0.15, -0.1) is 0 Å². The van der Waals surface area contributed by atoms with E-state index in [2.05, 4.69) is 0 Å². The largest absolute Gasteiger partial charge is 0.384 e. The van der Waals surface area contributed by atoms with Gasteiger partial charge >= 0.3 is 0 Å². The number of halogens is 5. The Morgan fingerprint density at radius 2 is 1.24 bits per heavy atom. The van der Waals surface area contributed by atoms with Crippen LogP contribution in [-0.2, 0) is 0 Å². The topological polar surface area (TPSA) is 20.2 Å². The first-order valence-corrected chi connectivity index (χ1v) is 5.86. The highest BCUT2D eigenvalue weighted by molar-refractivity contribution is 5.50. The second-order valence-electron chi connectivity index (χ2n) is 4.20. The molecule has 0 aliphatic carbocycles. The number of hydrogen-bond acceptors (Lipinski definition) is 1. The van der Waals surface area contributed by atoms with Gasteiger partial charge in [-0.25, -0.2) is 22.0 Å². The molecule has 0 fully saturated rings. The van der Waals surface area contributed by atoms with Crippen molar-refractivity contribution < 1.29 is 27.1 Å². The maximum absolute atomic E-state index is 13.5. The Balaban J connectivity index is 2.40. The molecule has 2 rings (SSSR count). The SMILES string of the molecule is OC(/C=C/c1ccccc1)c1c(F)c(F)c(F)c(F)c1F. The van der Waals surface area contributed by atoms with Gasteiger partial charge < -0.3 is 5.11 Å². The van der Waals surface area contributed by atoms with Crippen molar-refractivity contribution in [1.29, 1.82) is 0 Å². The fourth-order valence-electron chi connectivity index (χ4n) is 1.74. The van der Waals surface area contributed by atoms with Crippen LogP contribution in [0.5, 0.6) is 0 Å². The highest BCUT2D eigenvalue weighted by Crippen LogP contribution is 2.28. The Labute approximate surface area is 117 Å². The Bertz CT molecular complexity index is 653. The first-order valence-electron chi connectivity index (χ1n) is 5.86. The van der Waals surface area contributed by atoms with Crippen molar-refractivity contribution in [2.45, 2.75) is 6.10 Å². The molecule has 2 aromatic carbocycles.